The zero-order chi connectivity index (χ0) is 14.0. The molecule has 0 aromatic carbocycles. The molecule has 1 aromatic rings. The van der Waals surface area contributed by atoms with E-state index in [1.807, 2.05) is 6.92 Å². The van der Waals surface area contributed by atoms with Crippen LogP contribution in [0.1, 0.15) is 30.3 Å². The SMILES string of the molecule is CC1CCC(C(=O)Nc2cc[n+](O)c(C(N)=O)c2)O1. The number of primary amides is 1. The van der Waals surface area contributed by atoms with Crippen LogP contribution in [0, 0.1) is 0 Å². The van der Waals surface area contributed by atoms with Gasteiger partial charge in [-0.15, -0.1) is 0 Å². The van der Waals surface area contributed by atoms with Gasteiger partial charge in [-0.3, -0.25) is 14.8 Å². The highest BCUT2D eigenvalue weighted by molar-refractivity contribution is 5.96. The van der Waals surface area contributed by atoms with Crippen molar-refractivity contribution in [3.05, 3.63) is 24.0 Å². The van der Waals surface area contributed by atoms with Crippen molar-refractivity contribution < 1.29 is 24.3 Å². The Balaban J connectivity index is 2.09. The van der Waals surface area contributed by atoms with Crippen molar-refractivity contribution in [3.8, 4) is 0 Å². The molecule has 0 radical (unpaired) electrons. The van der Waals surface area contributed by atoms with E-state index >= 15 is 0 Å². The molecule has 19 heavy (non-hydrogen) atoms. The molecular formula is C12H16N3O4+. The minimum atomic E-state index is -0.788. The fourth-order valence-electron chi connectivity index (χ4n) is 1.97. The van der Waals surface area contributed by atoms with Crippen molar-refractivity contribution in [1.82, 2.24) is 0 Å². The maximum atomic E-state index is 11.9. The van der Waals surface area contributed by atoms with E-state index in [0.29, 0.717) is 16.8 Å². The highest BCUT2D eigenvalue weighted by atomic mass is 16.5. The molecule has 102 valence electrons. The maximum Gasteiger partial charge on any atom is 0.323 e. The second kappa shape index (κ2) is 5.23. The molecule has 0 spiro atoms. The summed E-state index contributed by atoms with van der Waals surface area (Å²) in [7, 11) is 0. The van der Waals surface area contributed by atoms with Gasteiger partial charge in [0, 0.05) is 16.9 Å². The van der Waals surface area contributed by atoms with E-state index in [4.69, 9.17) is 10.5 Å². The van der Waals surface area contributed by atoms with Crippen LogP contribution in [0.15, 0.2) is 18.3 Å². The molecule has 2 atom stereocenters. The molecule has 7 nitrogen and oxygen atoms in total. The number of ether oxygens (including phenoxy) is 1. The van der Waals surface area contributed by atoms with Gasteiger partial charge >= 0.3 is 11.6 Å². The molecule has 2 heterocycles. The van der Waals surface area contributed by atoms with Crippen LogP contribution in [0.4, 0.5) is 5.69 Å². The molecular weight excluding hydrogens is 250 g/mol. The number of amides is 2. The van der Waals surface area contributed by atoms with E-state index < -0.39 is 12.0 Å². The van der Waals surface area contributed by atoms with Crippen molar-refractivity contribution in [2.75, 3.05) is 5.32 Å². The van der Waals surface area contributed by atoms with Crippen LogP contribution in [-0.4, -0.2) is 29.2 Å². The predicted molar refractivity (Wildman–Crippen MR) is 64.5 cm³/mol. The summed E-state index contributed by atoms with van der Waals surface area (Å²) in [5, 5.41) is 12.0. The summed E-state index contributed by atoms with van der Waals surface area (Å²) in [6, 6.07) is 2.77. The lowest BCUT2D eigenvalue weighted by atomic mass is 10.2. The summed E-state index contributed by atoms with van der Waals surface area (Å²) < 4.78 is 6.04. The normalized spacial score (nSPS) is 22.2. The number of rotatable bonds is 3. The zero-order valence-electron chi connectivity index (χ0n) is 10.5. The van der Waals surface area contributed by atoms with Gasteiger partial charge in [0.2, 0.25) is 6.20 Å². The van der Waals surface area contributed by atoms with Crippen LogP contribution in [0.3, 0.4) is 0 Å². The van der Waals surface area contributed by atoms with Crippen LogP contribution >= 0.6 is 0 Å². The highest BCUT2D eigenvalue weighted by Gasteiger charge is 2.28. The standard InChI is InChI=1S/C12H15N3O4/c1-7-2-3-10(19-7)12(17)14-8-4-5-15(18)9(6-8)11(13)16/h4-7,10,18H,2-3H2,1H3,(H2,13,16)/p+1. The summed E-state index contributed by atoms with van der Waals surface area (Å²) in [5.74, 6) is -1.06. The number of hydrogen-bond acceptors (Lipinski definition) is 4. The van der Waals surface area contributed by atoms with Crippen molar-refractivity contribution >= 4 is 17.5 Å². The van der Waals surface area contributed by atoms with Crippen LogP contribution in [-0.2, 0) is 9.53 Å². The van der Waals surface area contributed by atoms with Gasteiger partial charge in [0.15, 0.2) is 0 Å². The first kappa shape index (κ1) is 13.3. The number of pyridine rings is 1. The third-order valence-corrected chi connectivity index (χ3v) is 2.98. The summed E-state index contributed by atoms with van der Waals surface area (Å²) >= 11 is 0. The number of carbonyl (C=O) groups excluding carboxylic acids is 2. The third kappa shape index (κ3) is 3.00. The molecule has 2 rings (SSSR count). The number of nitrogens with zero attached hydrogens (tertiary/aromatic N) is 1. The van der Waals surface area contributed by atoms with E-state index in [9.17, 15) is 14.8 Å². The highest BCUT2D eigenvalue weighted by Crippen LogP contribution is 2.20. The Morgan fingerprint density at radius 2 is 2.26 bits per heavy atom. The van der Waals surface area contributed by atoms with Gasteiger partial charge in [0.1, 0.15) is 6.10 Å². The number of nitrogens with one attached hydrogen (secondary N) is 1. The van der Waals surface area contributed by atoms with Gasteiger partial charge in [-0.2, -0.15) is 0 Å². The molecule has 1 fully saturated rings. The monoisotopic (exact) mass is 266 g/mol. The Morgan fingerprint density at radius 1 is 1.53 bits per heavy atom. The molecule has 1 aromatic heterocycles. The molecule has 4 N–H and O–H groups in total. The minimum Gasteiger partial charge on any atom is -0.365 e. The predicted octanol–water partition coefficient (Wildman–Crippen LogP) is -0.184. The van der Waals surface area contributed by atoms with Gasteiger partial charge in [-0.25, -0.2) is 0 Å². The molecule has 1 saturated heterocycles. The summed E-state index contributed by atoms with van der Waals surface area (Å²) in [6.45, 7) is 1.91. The first-order valence-electron chi connectivity index (χ1n) is 5.98. The Morgan fingerprint density at radius 3 is 2.84 bits per heavy atom. The number of anilines is 1. The zero-order valence-corrected chi connectivity index (χ0v) is 10.5. The lowest BCUT2D eigenvalue weighted by Gasteiger charge is -2.11. The minimum absolute atomic E-state index is 0.0762. The average molecular weight is 266 g/mol. The number of aromatic nitrogens is 1. The molecule has 2 amide bonds. The Kier molecular flexibility index (Phi) is 3.66. The van der Waals surface area contributed by atoms with Crippen LogP contribution in [0.25, 0.3) is 0 Å². The summed E-state index contributed by atoms with van der Waals surface area (Å²) in [5.41, 5.74) is 5.37. The Bertz CT molecular complexity index is 518. The van der Waals surface area contributed by atoms with Crippen molar-refractivity contribution in [2.45, 2.75) is 32.0 Å². The topological polar surface area (TPSA) is 106 Å². The smallest absolute Gasteiger partial charge is 0.323 e. The molecule has 2 unspecified atom stereocenters. The van der Waals surface area contributed by atoms with Crippen LogP contribution in [0.2, 0.25) is 0 Å². The van der Waals surface area contributed by atoms with Crippen molar-refractivity contribution in [2.24, 2.45) is 5.73 Å². The maximum absolute atomic E-state index is 11.9. The van der Waals surface area contributed by atoms with Crippen LogP contribution in [0.5, 0.6) is 0 Å². The largest absolute Gasteiger partial charge is 0.365 e. The second-order valence-corrected chi connectivity index (χ2v) is 4.51. The summed E-state index contributed by atoms with van der Waals surface area (Å²) in [4.78, 5) is 23.0. The number of carbonyl (C=O) groups is 2. The third-order valence-electron chi connectivity index (χ3n) is 2.98. The molecule has 0 saturated carbocycles. The first-order chi connectivity index (χ1) is 8.97. The van der Waals surface area contributed by atoms with Gasteiger partial charge in [0.05, 0.1) is 11.8 Å². The first-order valence-corrected chi connectivity index (χ1v) is 5.98. The van der Waals surface area contributed by atoms with Gasteiger partial charge in [0.25, 0.3) is 5.91 Å². The quantitative estimate of drug-likeness (QED) is 0.521. The fourth-order valence-corrected chi connectivity index (χ4v) is 1.97. The van der Waals surface area contributed by atoms with E-state index in [1.165, 1.54) is 18.3 Å². The number of hydrogen-bond donors (Lipinski definition) is 3. The van der Waals surface area contributed by atoms with Crippen molar-refractivity contribution in [1.29, 1.82) is 0 Å². The summed E-state index contributed by atoms with van der Waals surface area (Å²) in [6.07, 6.45) is 2.34. The molecule has 1 aliphatic rings. The van der Waals surface area contributed by atoms with E-state index in [-0.39, 0.29) is 17.7 Å². The van der Waals surface area contributed by atoms with Gasteiger partial charge in [-0.05, 0) is 19.8 Å². The average Bonchev–Trinajstić information content (AvgIpc) is 2.78. The van der Waals surface area contributed by atoms with E-state index in [0.717, 1.165) is 6.42 Å². The van der Waals surface area contributed by atoms with Crippen LogP contribution < -0.4 is 15.8 Å². The Labute approximate surface area is 109 Å². The van der Waals surface area contributed by atoms with Gasteiger partial charge < -0.3 is 15.8 Å². The second-order valence-electron chi connectivity index (χ2n) is 4.51. The van der Waals surface area contributed by atoms with E-state index in [2.05, 4.69) is 5.32 Å². The van der Waals surface area contributed by atoms with Gasteiger partial charge in [-0.1, -0.05) is 0 Å². The molecule has 0 aliphatic carbocycles. The van der Waals surface area contributed by atoms with Crippen molar-refractivity contribution in [3.63, 3.8) is 0 Å². The molecule has 0 bridgehead atoms. The number of nitrogens with two attached hydrogens (primary N) is 1. The Hall–Kier alpha value is -2.15. The molecule has 7 heteroatoms. The fraction of sp³-hybridized carbons (Fsp3) is 0.417. The lowest BCUT2D eigenvalue weighted by Crippen LogP contribution is -2.40. The molecule has 1 aliphatic heterocycles. The van der Waals surface area contributed by atoms with E-state index in [1.54, 1.807) is 0 Å². The lowest BCUT2D eigenvalue weighted by molar-refractivity contribution is -0.905.